The minimum atomic E-state index is 0.581. The first-order valence-electron chi connectivity index (χ1n) is 3.49. The molecule has 1 rings (SSSR count). The Morgan fingerprint density at radius 3 is 2.91 bits per heavy atom. The Bertz CT molecular complexity index is 234. The Hall–Kier alpha value is -0.350. The smallest absolute Gasteiger partial charge is 0.102 e. The van der Waals surface area contributed by atoms with Crippen molar-refractivity contribution in [1.82, 2.24) is 9.78 Å². The zero-order chi connectivity index (χ0) is 8.27. The molecule has 0 aliphatic carbocycles. The number of halogens is 1. The Kier molecular flexibility index (Phi) is 3.08. The first-order valence-corrected chi connectivity index (χ1v) is 4.29. The zero-order valence-electron chi connectivity index (χ0n) is 6.67. The summed E-state index contributed by atoms with van der Waals surface area (Å²) < 4.78 is 7.98. The van der Waals surface area contributed by atoms with Crippen LogP contribution in [0.25, 0.3) is 0 Å². The largest absolute Gasteiger partial charge is 0.375 e. The Balaban J connectivity index is 2.62. The lowest BCUT2D eigenvalue weighted by Gasteiger charge is -1.96. The monoisotopic (exact) mass is 218 g/mol. The fourth-order valence-electron chi connectivity index (χ4n) is 0.802. The summed E-state index contributed by atoms with van der Waals surface area (Å²) in [5, 5.41) is 4.19. The van der Waals surface area contributed by atoms with Crippen molar-refractivity contribution < 1.29 is 4.74 Å². The van der Waals surface area contributed by atoms with Gasteiger partial charge in [-0.05, 0) is 22.9 Å². The van der Waals surface area contributed by atoms with Crippen LogP contribution in [0.1, 0.15) is 12.6 Å². The van der Waals surface area contributed by atoms with Crippen molar-refractivity contribution in [1.29, 1.82) is 0 Å². The van der Waals surface area contributed by atoms with Gasteiger partial charge in [0.15, 0.2) is 0 Å². The predicted octanol–water partition coefficient (Wildman–Crippen LogP) is 1.72. The lowest BCUT2D eigenvalue weighted by atomic mass is 10.5. The van der Waals surface area contributed by atoms with Crippen LogP contribution in [0.3, 0.4) is 0 Å². The van der Waals surface area contributed by atoms with Gasteiger partial charge in [-0.2, -0.15) is 5.10 Å². The first kappa shape index (κ1) is 8.74. The molecule has 0 atom stereocenters. The summed E-state index contributed by atoms with van der Waals surface area (Å²) in [5.41, 5.74) is 0.953. The molecule has 4 heteroatoms. The van der Waals surface area contributed by atoms with E-state index in [1.165, 1.54) is 0 Å². The number of ether oxygens (including phenoxy) is 1. The van der Waals surface area contributed by atoms with Crippen LogP contribution in [0.5, 0.6) is 0 Å². The Morgan fingerprint density at radius 2 is 2.45 bits per heavy atom. The average Bonchev–Trinajstić information content (AvgIpc) is 2.26. The van der Waals surface area contributed by atoms with Crippen molar-refractivity contribution >= 4 is 15.9 Å². The fraction of sp³-hybridized carbons (Fsp3) is 0.571. The highest BCUT2D eigenvalue weighted by Crippen LogP contribution is 2.14. The summed E-state index contributed by atoms with van der Waals surface area (Å²) in [6, 6.07) is 0. The van der Waals surface area contributed by atoms with E-state index in [1.54, 1.807) is 4.68 Å². The van der Waals surface area contributed by atoms with E-state index in [0.29, 0.717) is 6.61 Å². The maximum atomic E-state index is 5.21. The average molecular weight is 219 g/mol. The Morgan fingerprint density at radius 1 is 1.73 bits per heavy atom. The molecule has 62 valence electrons. The van der Waals surface area contributed by atoms with Gasteiger partial charge in [-0.3, -0.25) is 4.68 Å². The van der Waals surface area contributed by atoms with Gasteiger partial charge in [-0.15, -0.1) is 0 Å². The van der Waals surface area contributed by atoms with E-state index in [9.17, 15) is 0 Å². The molecule has 1 aromatic heterocycles. The first-order chi connectivity index (χ1) is 5.24. The summed E-state index contributed by atoms with van der Waals surface area (Å²) in [6.45, 7) is 3.28. The standard InChI is InChI=1S/C7H11BrN2O/c1-3-11-5-7-6(8)4-10(2)9-7/h4H,3,5H2,1-2H3. The molecular formula is C7H11BrN2O. The highest BCUT2D eigenvalue weighted by atomic mass is 79.9. The van der Waals surface area contributed by atoms with Crippen molar-refractivity contribution in [3.63, 3.8) is 0 Å². The third-order valence-corrected chi connectivity index (χ3v) is 1.96. The van der Waals surface area contributed by atoms with Crippen LogP contribution >= 0.6 is 15.9 Å². The van der Waals surface area contributed by atoms with E-state index in [1.807, 2.05) is 20.2 Å². The number of aromatic nitrogens is 2. The van der Waals surface area contributed by atoms with Gasteiger partial charge in [-0.25, -0.2) is 0 Å². The molecule has 0 bridgehead atoms. The molecule has 3 nitrogen and oxygen atoms in total. The van der Waals surface area contributed by atoms with Crippen LogP contribution in [0.2, 0.25) is 0 Å². The van der Waals surface area contributed by atoms with Crippen molar-refractivity contribution in [3.8, 4) is 0 Å². The van der Waals surface area contributed by atoms with E-state index in [-0.39, 0.29) is 0 Å². The number of aryl methyl sites for hydroxylation is 1. The molecule has 0 saturated heterocycles. The fourth-order valence-corrected chi connectivity index (χ4v) is 1.29. The number of nitrogens with zero attached hydrogens (tertiary/aromatic N) is 2. The molecule has 0 spiro atoms. The zero-order valence-corrected chi connectivity index (χ0v) is 8.26. The van der Waals surface area contributed by atoms with Gasteiger partial charge in [0.05, 0.1) is 11.1 Å². The molecule has 0 unspecified atom stereocenters. The SMILES string of the molecule is CCOCc1nn(C)cc1Br. The number of hydrogen-bond acceptors (Lipinski definition) is 2. The van der Waals surface area contributed by atoms with Crippen molar-refractivity contribution in [2.75, 3.05) is 6.61 Å². The van der Waals surface area contributed by atoms with Crippen molar-refractivity contribution in [3.05, 3.63) is 16.4 Å². The number of rotatable bonds is 3. The van der Waals surface area contributed by atoms with Crippen LogP contribution in [0, 0.1) is 0 Å². The second kappa shape index (κ2) is 3.88. The summed E-state index contributed by atoms with van der Waals surface area (Å²) in [7, 11) is 1.89. The van der Waals surface area contributed by atoms with Gasteiger partial charge in [0.25, 0.3) is 0 Å². The van der Waals surface area contributed by atoms with Gasteiger partial charge in [0, 0.05) is 19.9 Å². The third-order valence-electron chi connectivity index (χ3n) is 1.30. The highest BCUT2D eigenvalue weighted by Gasteiger charge is 2.02. The summed E-state index contributed by atoms with van der Waals surface area (Å²) in [4.78, 5) is 0. The molecule has 0 saturated carbocycles. The molecule has 1 aromatic rings. The second-order valence-corrected chi connectivity index (χ2v) is 3.09. The van der Waals surface area contributed by atoms with Crippen LogP contribution in [0.15, 0.2) is 10.7 Å². The second-order valence-electron chi connectivity index (χ2n) is 2.23. The van der Waals surface area contributed by atoms with Gasteiger partial charge >= 0.3 is 0 Å². The molecule has 0 N–H and O–H groups in total. The molecule has 1 heterocycles. The maximum Gasteiger partial charge on any atom is 0.102 e. The maximum absolute atomic E-state index is 5.21. The molecular weight excluding hydrogens is 208 g/mol. The quantitative estimate of drug-likeness (QED) is 0.773. The minimum absolute atomic E-state index is 0.581. The van der Waals surface area contributed by atoms with Gasteiger partial charge < -0.3 is 4.74 Å². The molecule has 0 aliphatic rings. The summed E-state index contributed by atoms with van der Waals surface area (Å²) in [5.74, 6) is 0. The molecule has 0 radical (unpaired) electrons. The molecule has 11 heavy (non-hydrogen) atoms. The van der Waals surface area contributed by atoms with Gasteiger partial charge in [0.1, 0.15) is 5.69 Å². The van der Waals surface area contributed by atoms with E-state index in [0.717, 1.165) is 16.8 Å². The van der Waals surface area contributed by atoms with Gasteiger partial charge in [0.2, 0.25) is 0 Å². The van der Waals surface area contributed by atoms with E-state index in [4.69, 9.17) is 4.74 Å². The molecule has 0 fully saturated rings. The molecule has 0 aromatic carbocycles. The van der Waals surface area contributed by atoms with Crippen molar-refractivity contribution in [2.45, 2.75) is 13.5 Å². The van der Waals surface area contributed by atoms with Crippen LogP contribution < -0.4 is 0 Å². The number of hydrogen-bond donors (Lipinski definition) is 0. The lowest BCUT2D eigenvalue weighted by Crippen LogP contribution is -1.95. The summed E-state index contributed by atoms with van der Waals surface area (Å²) >= 11 is 3.38. The summed E-state index contributed by atoms with van der Waals surface area (Å²) in [6.07, 6.45) is 1.91. The topological polar surface area (TPSA) is 27.1 Å². The van der Waals surface area contributed by atoms with E-state index in [2.05, 4.69) is 21.0 Å². The van der Waals surface area contributed by atoms with Crippen LogP contribution in [0.4, 0.5) is 0 Å². The van der Waals surface area contributed by atoms with Crippen LogP contribution in [-0.2, 0) is 18.4 Å². The van der Waals surface area contributed by atoms with Crippen molar-refractivity contribution in [2.24, 2.45) is 7.05 Å². The Labute approximate surface area is 74.5 Å². The normalized spacial score (nSPS) is 10.5. The minimum Gasteiger partial charge on any atom is -0.375 e. The lowest BCUT2D eigenvalue weighted by molar-refractivity contribution is 0.130. The molecule has 0 aliphatic heterocycles. The highest BCUT2D eigenvalue weighted by molar-refractivity contribution is 9.10. The van der Waals surface area contributed by atoms with E-state index < -0.39 is 0 Å². The van der Waals surface area contributed by atoms with Crippen LogP contribution in [-0.4, -0.2) is 16.4 Å². The third kappa shape index (κ3) is 2.31. The predicted molar refractivity (Wildman–Crippen MR) is 46.2 cm³/mol. The molecule has 0 amide bonds. The van der Waals surface area contributed by atoms with E-state index >= 15 is 0 Å². The van der Waals surface area contributed by atoms with Gasteiger partial charge in [-0.1, -0.05) is 0 Å².